The van der Waals surface area contributed by atoms with Crippen LogP contribution in [-0.4, -0.2) is 55.8 Å². The number of pyridine rings is 2. The van der Waals surface area contributed by atoms with E-state index < -0.39 is 10.1 Å². The van der Waals surface area contributed by atoms with Crippen LogP contribution in [0.4, 0.5) is 11.5 Å². The van der Waals surface area contributed by atoms with Crippen LogP contribution >= 0.6 is 15.9 Å². The lowest BCUT2D eigenvalue weighted by molar-refractivity contribution is 0.0986. The SMILES string of the molecule is CC(C)[SH](O)(=Nc1cc(N2CCOC[C@H]2C)nc2c(-c3ccn[nH]3)nccc12)c1ccc(Br)cc1. The van der Waals surface area contributed by atoms with Crippen molar-refractivity contribution in [1.82, 2.24) is 20.2 Å². The van der Waals surface area contributed by atoms with Crippen molar-refractivity contribution in [2.75, 3.05) is 24.7 Å². The highest BCUT2D eigenvalue weighted by Gasteiger charge is 2.24. The van der Waals surface area contributed by atoms with Crippen LogP contribution in [0.25, 0.3) is 22.3 Å². The molecule has 0 spiro atoms. The fourth-order valence-corrected chi connectivity index (χ4v) is 6.59. The van der Waals surface area contributed by atoms with Crippen LogP contribution in [0, 0.1) is 0 Å². The van der Waals surface area contributed by atoms with Crippen molar-refractivity contribution in [3.63, 3.8) is 0 Å². The van der Waals surface area contributed by atoms with E-state index >= 15 is 0 Å². The summed E-state index contributed by atoms with van der Waals surface area (Å²) in [6.07, 6.45) is 3.45. The van der Waals surface area contributed by atoms with Crippen molar-refractivity contribution in [3.8, 4) is 11.4 Å². The molecule has 1 aromatic carbocycles. The third-order valence-electron chi connectivity index (χ3n) is 6.30. The smallest absolute Gasteiger partial charge is 0.131 e. The summed E-state index contributed by atoms with van der Waals surface area (Å²) in [6.45, 7) is 8.17. The predicted octanol–water partition coefficient (Wildman–Crippen LogP) is 5.65. The number of rotatable bonds is 5. The number of H-pyrrole nitrogens is 1. The molecule has 4 aromatic rings. The Balaban J connectivity index is 1.79. The summed E-state index contributed by atoms with van der Waals surface area (Å²) in [5.74, 6) is 0.798. The number of hydrogen-bond acceptors (Lipinski definition) is 6. The summed E-state index contributed by atoms with van der Waals surface area (Å²) in [7, 11) is -2.90. The van der Waals surface area contributed by atoms with Gasteiger partial charge in [0.15, 0.2) is 0 Å². The second-order valence-electron chi connectivity index (χ2n) is 8.96. The fraction of sp³-hybridized carbons (Fsp3) is 0.320. The first kappa shape index (κ1) is 24.1. The molecule has 1 fully saturated rings. The fourth-order valence-electron chi connectivity index (χ4n) is 4.30. The molecule has 1 aliphatic rings. The van der Waals surface area contributed by atoms with Gasteiger partial charge >= 0.3 is 0 Å². The summed E-state index contributed by atoms with van der Waals surface area (Å²) in [4.78, 5) is 12.7. The van der Waals surface area contributed by atoms with E-state index in [0.29, 0.717) is 24.6 Å². The van der Waals surface area contributed by atoms with Gasteiger partial charge in [0, 0.05) is 45.0 Å². The molecule has 1 saturated heterocycles. The lowest BCUT2D eigenvalue weighted by Gasteiger charge is -2.35. The number of nitrogens with zero attached hydrogens (tertiary/aromatic N) is 5. The molecule has 2 N–H and O–H groups in total. The Morgan fingerprint density at radius 3 is 2.69 bits per heavy atom. The van der Waals surface area contributed by atoms with Crippen molar-refractivity contribution in [2.24, 2.45) is 4.36 Å². The second kappa shape index (κ2) is 9.77. The van der Waals surface area contributed by atoms with Crippen LogP contribution < -0.4 is 4.90 Å². The summed E-state index contributed by atoms with van der Waals surface area (Å²) in [6, 6.07) is 13.8. The van der Waals surface area contributed by atoms with Gasteiger partial charge in [-0.25, -0.2) is 9.35 Å². The molecule has 3 aromatic heterocycles. The van der Waals surface area contributed by atoms with Crippen LogP contribution in [0.2, 0.25) is 0 Å². The van der Waals surface area contributed by atoms with E-state index in [9.17, 15) is 4.55 Å². The average Bonchev–Trinajstić information content (AvgIpc) is 3.39. The van der Waals surface area contributed by atoms with Crippen LogP contribution in [0.1, 0.15) is 20.8 Å². The molecule has 0 saturated carbocycles. The number of anilines is 1. The predicted molar refractivity (Wildman–Crippen MR) is 146 cm³/mol. The van der Waals surface area contributed by atoms with E-state index in [0.717, 1.165) is 38.3 Å². The van der Waals surface area contributed by atoms with Gasteiger partial charge in [-0.1, -0.05) is 39.9 Å². The zero-order chi connectivity index (χ0) is 24.6. The van der Waals surface area contributed by atoms with Crippen LogP contribution in [-0.2, 0) is 14.8 Å². The quantitative estimate of drug-likeness (QED) is 0.275. The molecule has 0 radical (unpaired) electrons. The minimum absolute atomic E-state index is 0.0634. The third-order valence-corrected chi connectivity index (χ3v) is 9.84. The summed E-state index contributed by atoms with van der Waals surface area (Å²) in [5.41, 5.74) is 2.91. The Morgan fingerprint density at radius 1 is 1.20 bits per heavy atom. The summed E-state index contributed by atoms with van der Waals surface area (Å²) >= 11 is 3.50. The van der Waals surface area contributed by atoms with Gasteiger partial charge in [-0.05, 0) is 43.3 Å². The zero-order valence-electron chi connectivity index (χ0n) is 19.9. The Labute approximate surface area is 214 Å². The van der Waals surface area contributed by atoms with Crippen LogP contribution in [0.5, 0.6) is 0 Å². The highest BCUT2D eigenvalue weighted by molar-refractivity contribution is 9.10. The molecule has 184 valence electrons. The maximum atomic E-state index is 12.0. The number of aromatic amines is 1. The Hall–Kier alpha value is -2.66. The highest BCUT2D eigenvalue weighted by atomic mass is 79.9. The van der Waals surface area contributed by atoms with E-state index in [1.807, 2.05) is 56.3 Å². The van der Waals surface area contributed by atoms with Crippen LogP contribution in [0.3, 0.4) is 0 Å². The van der Waals surface area contributed by atoms with Gasteiger partial charge in [-0.3, -0.25) is 10.1 Å². The first-order valence-electron chi connectivity index (χ1n) is 11.6. The largest absolute Gasteiger partial charge is 0.377 e. The van der Waals surface area contributed by atoms with Gasteiger partial charge in [0.2, 0.25) is 0 Å². The topological polar surface area (TPSA) is 99.5 Å². The zero-order valence-corrected chi connectivity index (χ0v) is 22.4. The standard InChI is InChI=1S/C25H29BrN6O2S/c1-16(2)35(33,19-6-4-18(26)5-7-19)31-22-14-23(32-12-13-34-15-17(32)3)29-24-20(22)8-10-27-25(24)21-9-11-28-30-21/h4-11,14,16-17,35H,12-13,15H2,1-3H3,(H,28,30)(H,29,31,33)/t17-/m1/s1. The minimum Gasteiger partial charge on any atom is -0.377 e. The Morgan fingerprint density at radius 2 is 2.00 bits per heavy atom. The van der Waals surface area contributed by atoms with Gasteiger partial charge in [0.25, 0.3) is 0 Å². The van der Waals surface area contributed by atoms with E-state index in [-0.39, 0.29) is 11.3 Å². The summed E-state index contributed by atoms with van der Waals surface area (Å²) < 4.78 is 23.8. The number of halogens is 1. The maximum absolute atomic E-state index is 12.0. The van der Waals surface area contributed by atoms with E-state index in [1.165, 1.54) is 0 Å². The van der Waals surface area contributed by atoms with Gasteiger partial charge in [0.1, 0.15) is 17.0 Å². The lowest BCUT2D eigenvalue weighted by Crippen LogP contribution is -2.44. The second-order valence-corrected chi connectivity index (χ2v) is 12.9. The molecule has 1 aliphatic heterocycles. The van der Waals surface area contributed by atoms with Gasteiger partial charge in [0.05, 0.1) is 30.6 Å². The molecule has 10 heteroatoms. The van der Waals surface area contributed by atoms with E-state index in [2.05, 4.69) is 42.9 Å². The third kappa shape index (κ3) is 4.63. The van der Waals surface area contributed by atoms with Crippen molar-refractivity contribution in [2.45, 2.75) is 37.0 Å². The number of morpholine rings is 1. The first-order chi connectivity index (χ1) is 16.9. The van der Waals surface area contributed by atoms with E-state index in [4.69, 9.17) is 14.1 Å². The van der Waals surface area contributed by atoms with Crippen molar-refractivity contribution in [3.05, 3.63) is 59.3 Å². The molecule has 4 heterocycles. The number of thiol groups is 1. The molecule has 0 bridgehead atoms. The van der Waals surface area contributed by atoms with E-state index in [1.54, 1.807) is 12.4 Å². The normalized spacial score (nSPS) is 17.2. The highest BCUT2D eigenvalue weighted by Crippen LogP contribution is 2.38. The van der Waals surface area contributed by atoms with Crippen molar-refractivity contribution >= 4 is 48.4 Å². The molecule has 0 aliphatic carbocycles. The molecule has 35 heavy (non-hydrogen) atoms. The lowest BCUT2D eigenvalue weighted by atomic mass is 10.1. The number of fused-ring (bicyclic) bond motifs is 1. The molecule has 1 atom stereocenters. The minimum atomic E-state index is -2.90. The van der Waals surface area contributed by atoms with Gasteiger partial charge in [-0.15, -0.1) is 0 Å². The molecule has 0 unspecified atom stereocenters. The molecule has 5 rings (SSSR count). The van der Waals surface area contributed by atoms with Gasteiger partial charge < -0.3 is 14.2 Å². The molecule has 8 nitrogen and oxygen atoms in total. The Bertz CT molecular complexity index is 1390. The number of nitrogens with one attached hydrogen (secondary N) is 1. The monoisotopic (exact) mass is 556 g/mol. The average molecular weight is 558 g/mol. The molecular weight excluding hydrogens is 528 g/mol. The van der Waals surface area contributed by atoms with Gasteiger partial charge in [-0.2, -0.15) is 5.10 Å². The van der Waals surface area contributed by atoms with Crippen molar-refractivity contribution in [1.29, 1.82) is 0 Å². The molecular formula is C25H29BrN6O2S. The first-order valence-corrected chi connectivity index (χ1v) is 14.2. The number of hydrogen-bond donors (Lipinski definition) is 3. The summed E-state index contributed by atoms with van der Waals surface area (Å²) in [5, 5.41) is 7.88. The van der Waals surface area contributed by atoms with Crippen molar-refractivity contribution < 1.29 is 9.29 Å². The number of benzene rings is 1. The van der Waals surface area contributed by atoms with Crippen LogP contribution in [0.15, 0.2) is 68.6 Å². The molecule has 0 amide bonds. The Kier molecular flexibility index (Phi) is 6.71. The number of ether oxygens (including phenoxy) is 1. The number of aromatic nitrogens is 4. The maximum Gasteiger partial charge on any atom is 0.131 e.